The maximum Gasteiger partial charge on any atom is 0.417 e. The summed E-state index contributed by atoms with van der Waals surface area (Å²) in [4.78, 5) is 16.2. The predicted molar refractivity (Wildman–Crippen MR) is 82.5 cm³/mol. The number of benzene rings is 1. The molecule has 0 aliphatic carbocycles. The average molecular weight is 350 g/mol. The summed E-state index contributed by atoms with van der Waals surface area (Å²) in [6.07, 6.45) is -3.04. The van der Waals surface area contributed by atoms with Crippen molar-refractivity contribution in [3.05, 3.63) is 59.8 Å². The number of alkyl halides is 3. The summed E-state index contributed by atoms with van der Waals surface area (Å²) < 4.78 is 38.9. The summed E-state index contributed by atoms with van der Waals surface area (Å²) in [5.74, 6) is -0.897. The largest absolute Gasteiger partial charge is 0.417 e. The Labute approximate surface area is 138 Å². The van der Waals surface area contributed by atoms with Crippen molar-refractivity contribution < 1.29 is 18.0 Å². The van der Waals surface area contributed by atoms with E-state index in [1.165, 1.54) is 12.1 Å². The monoisotopic (exact) mass is 350 g/mol. The number of pyridine rings is 1. The molecule has 0 radical (unpaired) electrons. The number of amides is 1. The fourth-order valence-corrected chi connectivity index (χ4v) is 2.67. The Balaban J connectivity index is 1.83. The van der Waals surface area contributed by atoms with Gasteiger partial charge < -0.3 is 0 Å². The Kier molecular flexibility index (Phi) is 4.26. The molecule has 0 atom stereocenters. The normalized spacial score (nSPS) is 11.3. The van der Waals surface area contributed by atoms with Gasteiger partial charge in [0.1, 0.15) is 5.69 Å². The van der Waals surface area contributed by atoms with Gasteiger partial charge in [0.15, 0.2) is 5.01 Å². The maximum absolute atomic E-state index is 13.0. The van der Waals surface area contributed by atoms with Gasteiger partial charge in [-0.2, -0.15) is 13.2 Å². The lowest BCUT2D eigenvalue weighted by Crippen LogP contribution is -2.18. The van der Waals surface area contributed by atoms with E-state index in [1.54, 1.807) is 24.4 Å². The lowest BCUT2D eigenvalue weighted by Gasteiger charge is -2.11. The number of carbonyl (C=O) groups is 1. The lowest BCUT2D eigenvalue weighted by atomic mass is 10.1. The minimum atomic E-state index is -4.62. The molecule has 0 fully saturated rings. The fourth-order valence-electron chi connectivity index (χ4n) is 1.96. The number of hydrogen-bond acceptors (Lipinski definition) is 5. The molecule has 0 bridgehead atoms. The van der Waals surface area contributed by atoms with Crippen LogP contribution in [0.2, 0.25) is 0 Å². The van der Waals surface area contributed by atoms with Gasteiger partial charge in [0.2, 0.25) is 5.13 Å². The van der Waals surface area contributed by atoms with E-state index in [-0.39, 0.29) is 5.13 Å². The SMILES string of the molecule is O=C(Nc1nnc(-c2ccccn2)s1)c1ccccc1C(F)(F)F. The van der Waals surface area contributed by atoms with Crippen LogP contribution in [0.25, 0.3) is 10.7 Å². The first-order valence-electron chi connectivity index (χ1n) is 6.67. The van der Waals surface area contributed by atoms with Crippen molar-refractivity contribution in [2.75, 3.05) is 5.32 Å². The van der Waals surface area contributed by atoms with E-state index < -0.39 is 23.2 Å². The van der Waals surface area contributed by atoms with Crippen LogP contribution < -0.4 is 5.32 Å². The molecule has 2 aromatic heterocycles. The summed E-state index contributed by atoms with van der Waals surface area (Å²) in [5.41, 5.74) is -0.914. The summed E-state index contributed by atoms with van der Waals surface area (Å²) in [6.45, 7) is 0. The van der Waals surface area contributed by atoms with E-state index in [0.29, 0.717) is 10.7 Å². The van der Waals surface area contributed by atoms with Crippen molar-refractivity contribution in [2.45, 2.75) is 6.18 Å². The van der Waals surface area contributed by atoms with Crippen LogP contribution in [-0.2, 0) is 6.18 Å². The minimum absolute atomic E-state index is 0.0950. The van der Waals surface area contributed by atoms with E-state index in [2.05, 4.69) is 20.5 Å². The molecule has 3 rings (SSSR count). The van der Waals surface area contributed by atoms with Crippen LogP contribution in [0.15, 0.2) is 48.7 Å². The van der Waals surface area contributed by atoms with Gasteiger partial charge in [-0.05, 0) is 24.3 Å². The van der Waals surface area contributed by atoms with Crippen molar-refractivity contribution in [3.63, 3.8) is 0 Å². The third-order valence-corrected chi connectivity index (χ3v) is 3.87. The topological polar surface area (TPSA) is 67.8 Å². The Morgan fingerprint density at radius 2 is 1.79 bits per heavy atom. The second kappa shape index (κ2) is 6.36. The quantitative estimate of drug-likeness (QED) is 0.779. The van der Waals surface area contributed by atoms with Crippen LogP contribution in [0.4, 0.5) is 18.3 Å². The van der Waals surface area contributed by atoms with E-state index in [0.717, 1.165) is 23.5 Å². The van der Waals surface area contributed by atoms with Crippen LogP contribution in [0, 0.1) is 0 Å². The number of hydrogen-bond donors (Lipinski definition) is 1. The molecule has 1 aromatic carbocycles. The summed E-state index contributed by atoms with van der Waals surface area (Å²) in [7, 11) is 0. The molecule has 0 unspecified atom stereocenters. The number of carbonyl (C=O) groups excluding carboxylic acids is 1. The van der Waals surface area contributed by atoms with Crippen molar-refractivity contribution in [2.24, 2.45) is 0 Å². The number of halogens is 3. The molecule has 0 spiro atoms. The molecular weight excluding hydrogens is 341 g/mol. The van der Waals surface area contributed by atoms with E-state index in [4.69, 9.17) is 0 Å². The zero-order valence-electron chi connectivity index (χ0n) is 11.9. The molecule has 3 aromatic rings. The van der Waals surface area contributed by atoms with Crippen LogP contribution in [0.3, 0.4) is 0 Å². The van der Waals surface area contributed by atoms with Gasteiger partial charge in [-0.1, -0.05) is 29.5 Å². The molecule has 24 heavy (non-hydrogen) atoms. The number of rotatable bonds is 3. The van der Waals surface area contributed by atoms with Crippen LogP contribution in [-0.4, -0.2) is 21.1 Å². The first-order valence-corrected chi connectivity index (χ1v) is 7.49. The van der Waals surface area contributed by atoms with Crippen molar-refractivity contribution in [3.8, 4) is 10.7 Å². The highest BCUT2D eigenvalue weighted by atomic mass is 32.1. The summed E-state index contributed by atoms with van der Waals surface area (Å²) in [6, 6.07) is 9.77. The second-order valence-corrected chi connectivity index (χ2v) is 5.60. The zero-order chi connectivity index (χ0) is 17.2. The molecule has 0 saturated carbocycles. The van der Waals surface area contributed by atoms with Gasteiger partial charge in [0.25, 0.3) is 5.91 Å². The number of aromatic nitrogens is 3. The Morgan fingerprint density at radius 1 is 1.04 bits per heavy atom. The zero-order valence-corrected chi connectivity index (χ0v) is 12.7. The fraction of sp³-hybridized carbons (Fsp3) is 0.0667. The summed E-state index contributed by atoms with van der Waals surface area (Å²) in [5, 5.41) is 10.5. The van der Waals surface area contributed by atoms with Crippen molar-refractivity contribution in [1.82, 2.24) is 15.2 Å². The Morgan fingerprint density at radius 3 is 2.50 bits per heavy atom. The van der Waals surface area contributed by atoms with Gasteiger partial charge >= 0.3 is 6.18 Å². The highest BCUT2D eigenvalue weighted by Gasteiger charge is 2.35. The second-order valence-electron chi connectivity index (χ2n) is 4.62. The lowest BCUT2D eigenvalue weighted by molar-refractivity contribution is -0.137. The van der Waals surface area contributed by atoms with Gasteiger partial charge in [-0.3, -0.25) is 15.1 Å². The van der Waals surface area contributed by atoms with Crippen LogP contribution >= 0.6 is 11.3 Å². The molecule has 122 valence electrons. The average Bonchev–Trinajstić information content (AvgIpc) is 3.03. The Bertz CT molecular complexity index is 864. The molecule has 1 N–H and O–H groups in total. The molecule has 0 saturated heterocycles. The summed E-state index contributed by atoms with van der Waals surface area (Å²) >= 11 is 1.02. The van der Waals surface area contributed by atoms with Gasteiger partial charge in [0, 0.05) is 6.20 Å². The number of anilines is 1. The maximum atomic E-state index is 13.0. The van der Waals surface area contributed by atoms with Crippen LogP contribution in [0.5, 0.6) is 0 Å². The molecule has 5 nitrogen and oxygen atoms in total. The molecule has 1 amide bonds. The third kappa shape index (κ3) is 3.40. The third-order valence-electron chi connectivity index (χ3n) is 3.01. The smallest absolute Gasteiger partial charge is 0.296 e. The number of nitrogens with one attached hydrogen (secondary N) is 1. The predicted octanol–water partition coefficient (Wildman–Crippen LogP) is 3.87. The van der Waals surface area contributed by atoms with Gasteiger partial charge in [0.05, 0.1) is 11.1 Å². The molecule has 0 aliphatic heterocycles. The highest BCUT2D eigenvalue weighted by Crippen LogP contribution is 2.32. The van der Waals surface area contributed by atoms with Crippen molar-refractivity contribution >= 4 is 22.4 Å². The standard InChI is InChI=1S/C15H9F3N4OS/c16-15(17,18)10-6-2-1-5-9(10)12(23)20-14-22-21-13(24-14)11-7-3-4-8-19-11/h1-8H,(H,20,22,23). The molecule has 9 heteroatoms. The van der Waals surface area contributed by atoms with E-state index in [9.17, 15) is 18.0 Å². The Hall–Kier alpha value is -2.81. The van der Waals surface area contributed by atoms with Gasteiger partial charge in [-0.25, -0.2) is 0 Å². The molecule has 0 aliphatic rings. The molecular formula is C15H9F3N4OS. The van der Waals surface area contributed by atoms with Crippen molar-refractivity contribution in [1.29, 1.82) is 0 Å². The number of nitrogens with zero attached hydrogens (tertiary/aromatic N) is 3. The van der Waals surface area contributed by atoms with Gasteiger partial charge in [-0.15, -0.1) is 10.2 Å². The first kappa shape index (κ1) is 16.1. The first-order chi connectivity index (χ1) is 11.4. The minimum Gasteiger partial charge on any atom is -0.296 e. The highest BCUT2D eigenvalue weighted by molar-refractivity contribution is 7.18. The van der Waals surface area contributed by atoms with E-state index >= 15 is 0 Å². The van der Waals surface area contributed by atoms with E-state index in [1.807, 2.05) is 0 Å². The molecule has 2 heterocycles. The van der Waals surface area contributed by atoms with Crippen LogP contribution in [0.1, 0.15) is 15.9 Å².